The molecule has 8 heteroatoms. The molecular weight excluding hydrogens is 400 g/mol. The van der Waals surface area contributed by atoms with Crippen LogP contribution in [0.3, 0.4) is 0 Å². The largest absolute Gasteiger partial charge is 0.497 e. The van der Waals surface area contributed by atoms with Gasteiger partial charge in [0, 0.05) is 31.1 Å². The lowest BCUT2D eigenvalue weighted by Crippen LogP contribution is -2.51. The number of esters is 1. The molecular formula is C23H32N2O6. The number of carbonyl (C=O) groups excluding carboxylic acids is 3. The quantitative estimate of drug-likeness (QED) is 0.643. The van der Waals surface area contributed by atoms with Gasteiger partial charge in [0.2, 0.25) is 5.91 Å². The fourth-order valence-electron chi connectivity index (χ4n) is 4.49. The zero-order valence-corrected chi connectivity index (χ0v) is 18.9. The lowest BCUT2D eigenvalue weighted by Gasteiger charge is -2.40. The van der Waals surface area contributed by atoms with E-state index in [1.54, 1.807) is 32.2 Å². The molecule has 4 atom stereocenters. The number of rotatable bonds is 6. The predicted molar refractivity (Wildman–Crippen MR) is 115 cm³/mol. The molecule has 0 aliphatic carbocycles. The SMILES string of the molecule is COc1ccc(N2C[C@@H](C(=O)O[C@@H](C)C(=O)N3[C@@H](C)CCC[C@@H]3C)CC2=O)c(OC)c1. The number of hydrogen-bond donors (Lipinski definition) is 0. The van der Waals surface area contributed by atoms with Gasteiger partial charge in [0.05, 0.1) is 25.8 Å². The van der Waals surface area contributed by atoms with Gasteiger partial charge in [-0.2, -0.15) is 0 Å². The van der Waals surface area contributed by atoms with Crippen LogP contribution in [0.5, 0.6) is 11.5 Å². The van der Waals surface area contributed by atoms with Crippen LogP contribution in [0, 0.1) is 5.92 Å². The van der Waals surface area contributed by atoms with E-state index in [2.05, 4.69) is 0 Å². The minimum absolute atomic E-state index is 0.0332. The number of anilines is 1. The third-order valence-corrected chi connectivity index (χ3v) is 6.22. The molecule has 0 N–H and O–H groups in total. The van der Waals surface area contributed by atoms with Crippen LogP contribution in [0.4, 0.5) is 5.69 Å². The van der Waals surface area contributed by atoms with Crippen LogP contribution in [0.15, 0.2) is 18.2 Å². The van der Waals surface area contributed by atoms with Crippen molar-refractivity contribution in [1.82, 2.24) is 4.90 Å². The molecule has 1 aromatic rings. The molecule has 8 nitrogen and oxygen atoms in total. The number of methoxy groups -OCH3 is 2. The van der Waals surface area contributed by atoms with E-state index in [0.29, 0.717) is 17.2 Å². The van der Waals surface area contributed by atoms with E-state index < -0.39 is 18.0 Å². The normalized spacial score (nSPS) is 24.7. The Hall–Kier alpha value is -2.77. The molecule has 2 heterocycles. The molecule has 2 amide bonds. The van der Waals surface area contributed by atoms with Crippen molar-refractivity contribution in [1.29, 1.82) is 0 Å². The molecule has 2 fully saturated rings. The second-order valence-corrected chi connectivity index (χ2v) is 8.40. The standard InChI is InChI=1S/C23H32N2O6/c1-14-7-6-8-15(2)25(14)22(27)16(3)31-23(28)17-11-21(26)24(13-17)19-10-9-18(29-4)12-20(19)30-5/h9-10,12,14-17H,6-8,11,13H2,1-5H3/t14-,15-,16-,17-/m0/s1. The fraction of sp³-hybridized carbons (Fsp3) is 0.609. The van der Waals surface area contributed by atoms with Crippen molar-refractivity contribution in [2.45, 2.75) is 64.6 Å². The van der Waals surface area contributed by atoms with Crippen molar-refractivity contribution in [3.8, 4) is 11.5 Å². The predicted octanol–water partition coefficient (Wildman–Crippen LogP) is 2.78. The zero-order chi connectivity index (χ0) is 22.7. The molecule has 0 radical (unpaired) electrons. The van der Waals surface area contributed by atoms with Gasteiger partial charge in [0.25, 0.3) is 5.91 Å². The lowest BCUT2D eigenvalue weighted by molar-refractivity contribution is -0.164. The first-order valence-electron chi connectivity index (χ1n) is 10.8. The van der Waals surface area contributed by atoms with Gasteiger partial charge in [-0.05, 0) is 52.2 Å². The second kappa shape index (κ2) is 9.58. The molecule has 0 bridgehead atoms. The van der Waals surface area contributed by atoms with Gasteiger partial charge in [0.15, 0.2) is 6.10 Å². The van der Waals surface area contributed by atoms with Crippen LogP contribution in [-0.2, 0) is 19.1 Å². The lowest BCUT2D eigenvalue weighted by atomic mass is 9.97. The third kappa shape index (κ3) is 4.78. The van der Waals surface area contributed by atoms with E-state index in [9.17, 15) is 14.4 Å². The van der Waals surface area contributed by atoms with Crippen LogP contribution >= 0.6 is 0 Å². The zero-order valence-electron chi connectivity index (χ0n) is 18.9. The first kappa shape index (κ1) is 22.9. The van der Waals surface area contributed by atoms with Gasteiger partial charge >= 0.3 is 5.97 Å². The van der Waals surface area contributed by atoms with Crippen molar-refractivity contribution in [3.63, 3.8) is 0 Å². The van der Waals surface area contributed by atoms with Crippen LogP contribution in [-0.4, -0.2) is 61.6 Å². The number of carbonyl (C=O) groups is 3. The van der Waals surface area contributed by atoms with E-state index >= 15 is 0 Å². The van der Waals surface area contributed by atoms with E-state index in [0.717, 1.165) is 19.3 Å². The Labute approximate surface area is 183 Å². The average Bonchev–Trinajstić information content (AvgIpc) is 3.14. The number of likely N-dealkylation sites (tertiary alicyclic amines) is 1. The number of piperidine rings is 1. The molecule has 31 heavy (non-hydrogen) atoms. The number of benzene rings is 1. The number of nitrogens with zero attached hydrogens (tertiary/aromatic N) is 2. The van der Waals surface area contributed by atoms with Crippen molar-refractivity contribution >= 4 is 23.5 Å². The Bertz CT molecular complexity index is 831. The first-order valence-corrected chi connectivity index (χ1v) is 10.8. The fourth-order valence-corrected chi connectivity index (χ4v) is 4.49. The van der Waals surface area contributed by atoms with Gasteiger partial charge in [-0.25, -0.2) is 0 Å². The molecule has 2 saturated heterocycles. The van der Waals surface area contributed by atoms with Crippen LogP contribution in [0.1, 0.15) is 46.5 Å². The topological polar surface area (TPSA) is 85.4 Å². The molecule has 170 valence electrons. The van der Waals surface area contributed by atoms with E-state index in [1.165, 1.54) is 12.0 Å². The summed E-state index contributed by atoms with van der Waals surface area (Å²) in [4.78, 5) is 41.6. The maximum absolute atomic E-state index is 12.9. The summed E-state index contributed by atoms with van der Waals surface area (Å²) in [7, 11) is 3.07. The summed E-state index contributed by atoms with van der Waals surface area (Å²) in [5, 5.41) is 0. The summed E-state index contributed by atoms with van der Waals surface area (Å²) in [6.45, 7) is 5.84. The molecule has 3 rings (SSSR count). The first-order chi connectivity index (χ1) is 14.8. The molecule has 2 aliphatic heterocycles. The van der Waals surface area contributed by atoms with Gasteiger partial charge in [-0.3, -0.25) is 14.4 Å². The summed E-state index contributed by atoms with van der Waals surface area (Å²) >= 11 is 0. The van der Waals surface area contributed by atoms with E-state index in [-0.39, 0.29) is 36.9 Å². The Morgan fingerprint density at radius 1 is 1.10 bits per heavy atom. The van der Waals surface area contributed by atoms with Crippen LogP contribution < -0.4 is 14.4 Å². The maximum Gasteiger partial charge on any atom is 0.312 e. The van der Waals surface area contributed by atoms with Crippen LogP contribution in [0.25, 0.3) is 0 Å². The summed E-state index contributed by atoms with van der Waals surface area (Å²) in [5.41, 5.74) is 0.573. The summed E-state index contributed by atoms with van der Waals surface area (Å²) in [5.74, 6) is -0.434. The number of hydrogen-bond acceptors (Lipinski definition) is 6. The van der Waals surface area contributed by atoms with Gasteiger partial charge in [-0.15, -0.1) is 0 Å². The highest BCUT2D eigenvalue weighted by Crippen LogP contribution is 2.36. The Balaban J connectivity index is 1.66. The number of amides is 2. The highest BCUT2D eigenvalue weighted by Gasteiger charge is 2.39. The van der Waals surface area contributed by atoms with E-state index in [1.807, 2.05) is 18.7 Å². The van der Waals surface area contributed by atoms with Crippen molar-refractivity contribution < 1.29 is 28.6 Å². The molecule has 0 aromatic heterocycles. The van der Waals surface area contributed by atoms with Crippen molar-refractivity contribution in [2.75, 3.05) is 25.7 Å². The monoisotopic (exact) mass is 432 g/mol. The molecule has 0 spiro atoms. The Morgan fingerprint density at radius 3 is 2.39 bits per heavy atom. The van der Waals surface area contributed by atoms with E-state index in [4.69, 9.17) is 14.2 Å². The van der Waals surface area contributed by atoms with Crippen LogP contribution in [0.2, 0.25) is 0 Å². The highest BCUT2D eigenvalue weighted by atomic mass is 16.5. The summed E-state index contributed by atoms with van der Waals surface area (Å²) in [6.07, 6.45) is 2.15. The van der Waals surface area contributed by atoms with Gasteiger partial charge in [0.1, 0.15) is 11.5 Å². The van der Waals surface area contributed by atoms with Crippen molar-refractivity contribution in [3.05, 3.63) is 18.2 Å². The van der Waals surface area contributed by atoms with Gasteiger partial charge in [-0.1, -0.05) is 0 Å². The average molecular weight is 433 g/mol. The third-order valence-electron chi connectivity index (χ3n) is 6.22. The maximum atomic E-state index is 12.9. The summed E-state index contributed by atoms with van der Waals surface area (Å²) in [6, 6.07) is 5.41. The Morgan fingerprint density at radius 2 is 1.77 bits per heavy atom. The second-order valence-electron chi connectivity index (χ2n) is 8.40. The Kier molecular flexibility index (Phi) is 7.08. The summed E-state index contributed by atoms with van der Waals surface area (Å²) < 4.78 is 16.1. The molecule has 0 saturated carbocycles. The van der Waals surface area contributed by atoms with Crippen molar-refractivity contribution in [2.24, 2.45) is 5.92 Å². The minimum atomic E-state index is -0.879. The number of ether oxygens (including phenoxy) is 3. The minimum Gasteiger partial charge on any atom is -0.497 e. The highest BCUT2D eigenvalue weighted by molar-refractivity contribution is 6.01. The molecule has 1 aromatic carbocycles. The van der Waals surface area contributed by atoms with Gasteiger partial charge < -0.3 is 24.0 Å². The molecule has 0 unspecified atom stereocenters. The molecule has 2 aliphatic rings. The smallest absolute Gasteiger partial charge is 0.312 e.